The zero-order chi connectivity index (χ0) is 14.5. The zero-order valence-corrected chi connectivity index (χ0v) is 11.5. The quantitative estimate of drug-likeness (QED) is 0.895. The van der Waals surface area contributed by atoms with Crippen LogP contribution >= 0.6 is 0 Å². The summed E-state index contributed by atoms with van der Waals surface area (Å²) in [5, 5.41) is 11.6. The Morgan fingerprint density at radius 3 is 2.95 bits per heavy atom. The molecule has 1 aromatic carbocycles. The Bertz CT molecular complexity index is 595. The minimum Gasteiger partial charge on any atom is -0.444 e. The zero-order valence-electron chi connectivity index (χ0n) is 11.5. The summed E-state index contributed by atoms with van der Waals surface area (Å²) in [4.78, 5) is 17.5. The van der Waals surface area contributed by atoms with Crippen molar-refractivity contribution in [3.05, 3.63) is 36.2 Å². The lowest BCUT2D eigenvalue weighted by Crippen LogP contribution is -2.33. The number of likely N-dealkylation sites (N-methyl/N-ethyl adjacent to an activating group) is 1. The van der Waals surface area contributed by atoms with E-state index in [2.05, 4.69) is 10.3 Å². The monoisotopic (exact) mass is 275 g/mol. The molecule has 2 aromatic rings. The number of nitrogens with one attached hydrogen (secondary N) is 1. The van der Waals surface area contributed by atoms with E-state index in [1.807, 2.05) is 19.1 Å². The first-order valence-corrected chi connectivity index (χ1v) is 6.25. The third-order valence-corrected chi connectivity index (χ3v) is 2.76. The number of benzene rings is 1. The maximum absolute atomic E-state index is 11.8. The largest absolute Gasteiger partial charge is 0.444 e. The molecule has 6 nitrogen and oxygen atoms in total. The first kappa shape index (κ1) is 14.1. The van der Waals surface area contributed by atoms with Gasteiger partial charge in [0.15, 0.2) is 0 Å². The van der Waals surface area contributed by atoms with Crippen LogP contribution in [0, 0.1) is 6.92 Å². The van der Waals surface area contributed by atoms with E-state index in [9.17, 15) is 4.79 Å². The van der Waals surface area contributed by atoms with E-state index in [0.29, 0.717) is 11.6 Å². The van der Waals surface area contributed by atoms with Gasteiger partial charge in [-0.05, 0) is 25.1 Å². The third-order valence-electron chi connectivity index (χ3n) is 2.76. The molecule has 20 heavy (non-hydrogen) atoms. The summed E-state index contributed by atoms with van der Waals surface area (Å²) in [7, 11) is 1.62. The minimum atomic E-state index is -0.278. The van der Waals surface area contributed by atoms with Gasteiger partial charge >= 0.3 is 6.03 Å². The number of aliphatic hydroxyl groups is 1. The van der Waals surface area contributed by atoms with Crippen molar-refractivity contribution in [2.75, 3.05) is 25.5 Å². The highest BCUT2D eigenvalue weighted by molar-refractivity contribution is 5.89. The molecule has 0 saturated heterocycles. The molecule has 0 bridgehead atoms. The van der Waals surface area contributed by atoms with Crippen molar-refractivity contribution >= 4 is 11.7 Å². The van der Waals surface area contributed by atoms with Gasteiger partial charge in [0.1, 0.15) is 6.26 Å². The molecule has 0 fully saturated rings. The van der Waals surface area contributed by atoms with Crippen molar-refractivity contribution in [1.82, 2.24) is 9.88 Å². The lowest BCUT2D eigenvalue weighted by Gasteiger charge is -2.16. The molecular weight excluding hydrogens is 258 g/mol. The van der Waals surface area contributed by atoms with Crippen molar-refractivity contribution in [3.8, 4) is 11.5 Å². The SMILES string of the molecule is Cc1coc(-c2cccc(NC(=O)N(C)CCO)c2)n1. The molecule has 0 aliphatic heterocycles. The maximum atomic E-state index is 11.8. The molecule has 1 aromatic heterocycles. The second-order valence-electron chi connectivity index (χ2n) is 4.45. The highest BCUT2D eigenvalue weighted by Gasteiger charge is 2.10. The fraction of sp³-hybridized carbons (Fsp3) is 0.286. The fourth-order valence-electron chi connectivity index (χ4n) is 1.69. The fourth-order valence-corrected chi connectivity index (χ4v) is 1.69. The summed E-state index contributed by atoms with van der Waals surface area (Å²) in [5.74, 6) is 0.516. The van der Waals surface area contributed by atoms with Crippen molar-refractivity contribution in [2.24, 2.45) is 0 Å². The van der Waals surface area contributed by atoms with Crippen molar-refractivity contribution in [3.63, 3.8) is 0 Å². The molecule has 0 aliphatic rings. The lowest BCUT2D eigenvalue weighted by atomic mass is 10.2. The van der Waals surface area contributed by atoms with Crippen LogP contribution in [0.15, 0.2) is 34.9 Å². The standard InChI is InChI=1S/C14H17N3O3/c1-10-9-20-13(15-10)11-4-3-5-12(8-11)16-14(19)17(2)6-7-18/h3-5,8-9,18H,6-7H2,1-2H3,(H,16,19). The Balaban J connectivity index is 2.12. The van der Waals surface area contributed by atoms with E-state index in [0.717, 1.165) is 11.3 Å². The number of oxazole rings is 1. The highest BCUT2D eigenvalue weighted by Crippen LogP contribution is 2.22. The summed E-state index contributed by atoms with van der Waals surface area (Å²) in [5.41, 5.74) is 2.24. The first-order chi connectivity index (χ1) is 9.60. The van der Waals surface area contributed by atoms with Gasteiger partial charge < -0.3 is 19.7 Å². The molecule has 0 aliphatic carbocycles. The van der Waals surface area contributed by atoms with Crippen LogP contribution in [0.5, 0.6) is 0 Å². The van der Waals surface area contributed by atoms with Crippen LogP contribution < -0.4 is 5.32 Å². The molecule has 0 unspecified atom stereocenters. The van der Waals surface area contributed by atoms with Gasteiger partial charge in [-0.25, -0.2) is 9.78 Å². The maximum Gasteiger partial charge on any atom is 0.321 e. The Morgan fingerprint density at radius 2 is 2.30 bits per heavy atom. The van der Waals surface area contributed by atoms with Gasteiger partial charge in [0, 0.05) is 24.8 Å². The second kappa shape index (κ2) is 6.21. The number of aliphatic hydroxyl groups excluding tert-OH is 1. The molecule has 2 amide bonds. The summed E-state index contributed by atoms with van der Waals surface area (Å²) >= 11 is 0. The Hall–Kier alpha value is -2.34. The van der Waals surface area contributed by atoms with Crippen LogP contribution in [0.3, 0.4) is 0 Å². The molecule has 2 rings (SSSR count). The Morgan fingerprint density at radius 1 is 1.50 bits per heavy atom. The van der Waals surface area contributed by atoms with Gasteiger partial charge in [0.25, 0.3) is 0 Å². The van der Waals surface area contributed by atoms with Crippen LogP contribution in [-0.4, -0.2) is 41.2 Å². The molecule has 0 spiro atoms. The number of nitrogens with zero attached hydrogens (tertiary/aromatic N) is 2. The normalized spacial score (nSPS) is 10.3. The molecule has 0 atom stereocenters. The number of carbonyl (C=O) groups is 1. The summed E-state index contributed by atoms with van der Waals surface area (Å²) in [6.45, 7) is 2.06. The summed E-state index contributed by atoms with van der Waals surface area (Å²) in [6.07, 6.45) is 1.58. The van der Waals surface area contributed by atoms with E-state index in [1.165, 1.54) is 4.90 Å². The summed E-state index contributed by atoms with van der Waals surface area (Å²) < 4.78 is 5.33. The van der Waals surface area contributed by atoms with E-state index in [-0.39, 0.29) is 19.2 Å². The van der Waals surface area contributed by atoms with Gasteiger partial charge in [-0.1, -0.05) is 6.07 Å². The third kappa shape index (κ3) is 3.36. The Kier molecular flexibility index (Phi) is 4.37. The van der Waals surface area contributed by atoms with Crippen molar-refractivity contribution < 1.29 is 14.3 Å². The van der Waals surface area contributed by atoms with Gasteiger partial charge in [-0.2, -0.15) is 0 Å². The molecule has 1 heterocycles. The summed E-state index contributed by atoms with van der Waals surface area (Å²) in [6, 6.07) is 6.97. The lowest BCUT2D eigenvalue weighted by molar-refractivity contribution is 0.202. The smallest absolute Gasteiger partial charge is 0.321 e. The van der Waals surface area contributed by atoms with Crippen LogP contribution in [0.2, 0.25) is 0 Å². The minimum absolute atomic E-state index is 0.0699. The van der Waals surface area contributed by atoms with Gasteiger partial charge in [0.2, 0.25) is 5.89 Å². The molecule has 2 N–H and O–H groups in total. The molecule has 6 heteroatoms. The van der Waals surface area contributed by atoms with Crippen LogP contribution in [0.4, 0.5) is 10.5 Å². The first-order valence-electron chi connectivity index (χ1n) is 6.25. The predicted octanol–water partition coefficient (Wildman–Crippen LogP) is 2.11. The van der Waals surface area contributed by atoms with E-state index in [1.54, 1.807) is 25.4 Å². The van der Waals surface area contributed by atoms with E-state index < -0.39 is 0 Å². The topological polar surface area (TPSA) is 78.6 Å². The van der Waals surface area contributed by atoms with Crippen LogP contribution in [-0.2, 0) is 0 Å². The number of rotatable bonds is 4. The van der Waals surface area contributed by atoms with Crippen LogP contribution in [0.1, 0.15) is 5.69 Å². The average molecular weight is 275 g/mol. The number of aryl methyl sites for hydroxylation is 1. The van der Waals surface area contributed by atoms with Crippen molar-refractivity contribution in [1.29, 1.82) is 0 Å². The highest BCUT2D eigenvalue weighted by atomic mass is 16.3. The average Bonchev–Trinajstić information content (AvgIpc) is 2.86. The molecule has 0 saturated carbocycles. The number of hydrogen-bond acceptors (Lipinski definition) is 4. The molecular formula is C14H17N3O3. The van der Waals surface area contributed by atoms with Gasteiger partial charge in [0.05, 0.1) is 12.3 Å². The van der Waals surface area contributed by atoms with E-state index >= 15 is 0 Å². The van der Waals surface area contributed by atoms with Crippen molar-refractivity contribution in [2.45, 2.75) is 6.92 Å². The van der Waals surface area contributed by atoms with E-state index in [4.69, 9.17) is 9.52 Å². The van der Waals surface area contributed by atoms with Gasteiger partial charge in [-0.3, -0.25) is 0 Å². The second-order valence-corrected chi connectivity index (χ2v) is 4.45. The number of urea groups is 1. The molecule has 106 valence electrons. The van der Waals surface area contributed by atoms with Crippen LogP contribution in [0.25, 0.3) is 11.5 Å². The number of carbonyl (C=O) groups excluding carboxylic acids is 1. The number of aromatic nitrogens is 1. The Labute approximate surface area is 117 Å². The van der Waals surface area contributed by atoms with Gasteiger partial charge in [-0.15, -0.1) is 0 Å². The number of hydrogen-bond donors (Lipinski definition) is 2. The molecule has 0 radical (unpaired) electrons. The number of anilines is 1. The number of amides is 2. The predicted molar refractivity (Wildman–Crippen MR) is 75.4 cm³/mol.